The molecule has 12 heavy (non-hydrogen) atoms. The quantitative estimate of drug-likeness (QED) is 0.384. The summed E-state index contributed by atoms with van der Waals surface area (Å²) >= 11 is 0. The molecule has 0 fully saturated rings. The second-order valence-corrected chi connectivity index (χ2v) is 9.67. The number of carbonyl (C=O) groups is 1. The Morgan fingerprint density at radius 1 is 1.42 bits per heavy atom. The zero-order chi connectivity index (χ0) is 9.78. The third-order valence-electron chi connectivity index (χ3n) is 1.53. The van der Waals surface area contributed by atoms with Crippen LogP contribution in [-0.2, 0) is 9.53 Å². The number of methoxy groups -OCH3 is 1. The molecule has 0 aliphatic carbocycles. The molecule has 0 aromatic heterocycles. The fourth-order valence-corrected chi connectivity index (χ4v) is 1.62. The molecule has 0 bridgehead atoms. The summed E-state index contributed by atoms with van der Waals surface area (Å²) < 4.78 is 4.59. The Morgan fingerprint density at radius 3 is 2.25 bits per heavy atom. The highest BCUT2D eigenvalue weighted by molar-refractivity contribution is 6.76. The van der Waals surface area contributed by atoms with Crippen LogP contribution >= 0.6 is 0 Å². The van der Waals surface area contributed by atoms with Crippen molar-refractivity contribution in [3.63, 3.8) is 0 Å². The first kappa shape index (κ1) is 11.4. The van der Waals surface area contributed by atoms with Crippen molar-refractivity contribution in [3.05, 3.63) is 11.6 Å². The molecular weight excluding hydrogens is 168 g/mol. The minimum atomic E-state index is -1.06. The van der Waals surface area contributed by atoms with E-state index in [4.69, 9.17) is 0 Å². The third kappa shape index (κ3) is 5.13. The summed E-state index contributed by atoms with van der Waals surface area (Å²) in [5, 5.41) is 0. The average Bonchev–Trinajstić information content (AvgIpc) is 1.97. The van der Waals surface area contributed by atoms with Gasteiger partial charge in [0.1, 0.15) is 0 Å². The predicted octanol–water partition coefficient (Wildman–Crippen LogP) is 2.44. The molecule has 0 radical (unpaired) electrons. The number of rotatable bonds is 3. The van der Waals surface area contributed by atoms with E-state index >= 15 is 0 Å². The summed E-state index contributed by atoms with van der Waals surface area (Å²) in [6, 6.07) is 1.04. The van der Waals surface area contributed by atoms with Gasteiger partial charge in [-0.05, 0) is 13.0 Å². The SMILES string of the molecule is COC(=O)C(C)=CC[Si](C)(C)C. The second-order valence-electron chi connectivity index (χ2n) is 4.14. The van der Waals surface area contributed by atoms with Gasteiger partial charge in [0, 0.05) is 13.6 Å². The van der Waals surface area contributed by atoms with Crippen LogP contribution in [0.3, 0.4) is 0 Å². The van der Waals surface area contributed by atoms with Crippen molar-refractivity contribution in [2.24, 2.45) is 0 Å². The molecule has 0 heterocycles. The van der Waals surface area contributed by atoms with E-state index in [9.17, 15) is 4.79 Å². The maximum absolute atomic E-state index is 11.0. The van der Waals surface area contributed by atoms with E-state index in [-0.39, 0.29) is 5.97 Å². The lowest BCUT2D eigenvalue weighted by Crippen LogP contribution is -2.18. The summed E-state index contributed by atoms with van der Waals surface area (Å²) in [5.74, 6) is -0.215. The van der Waals surface area contributed by atoms with Crippen molar-refractivity contribution < 1.29 is 9.53 Å². The zero-order valence-corrected chi connectivity index (χ0v) is 9.60. The molecule has 3 heteroatoms. The van der Waals surface area contributed by atoms with E-state index in [1.807, 2.05) is 6.08 Å². The molecule has 0 aliphatic heterocycles. The van der Waals surface area contributed by atoms with Crippen LogP contribution in [0.25, 0.3) is 0 Å². The summed E-state index contributed by atoms with van der Waals surface area (Å²) in [7, 11) is 0.348. The lowest BCUT2D eigenvalue weighted by Gasteiger charge is -2.12. The largest absolute Gasteiger partial charge is 0.466 e. The van der Waals surface area contributed by atoms with Crippen LogP contribution in [0.2, 0.25) is 25.7 Å². The number of allylic oxidation sites excluding steroid dienone is 1. The highest BCUT2D eigenvalue weighted by atomic mass is 28.3. The summed E-state index contributed by atoms with van der Waals surface area (Å²) in [4.78, 5) is 11.0. The van der Waals surface area contributed by atoms with E-state index in [1.165, 1.54) is 7.11 Å². The van der Waals surface area contributed by atoms with Crippen LogP contribution in [-0.4, -0.2) is 21.2 Å². The van der Waals surface area contributed by atoms with Crippen LogP contribution in [0.1, 0.15) is 6.92 Å². The van der Waals surface area contributed by atoms with E-state index < -0.39 is 8.07 Å². The third-order valence-corrected chi connectivity index (χ3v) is 2.96. The lowest BCUT2D eigenvalue weighted by molar-refractivity contribution is -0.136. The molecule has 0 saturated heterocycles. The minimum absolute atomic E-state index is 0.215. The normalized spacial score (nSPS) is 12.9. The van der Waals surface area contributed by atoms with Crippen LogP contribution in [0, 0.1) is 0 Å². The molecule has 0 unspecified atom stereocenters. The molecule has 0 aliphatic rings. The van der Waals surface area contributed by atoms with Crippen molar-refractivity contribution in [1.82, 2.24) is 0 Å². The van der Waals surface area contributed by atoms with Gasteiger partial charge in [0.25, 0.3) is 0 Å². The Morgan fingerprint density at radius 2 is 1.92 bits per heavy atom. The van der Waals surface area contributed by atoms with E-state index in [1.54, 1.807) is 6.92 Å². The number of hydrogen-bond acceptors (Lipinski definition) is 2. The summed E-state index contributed by atoms with van der Waals surface area (Å²) in [5.41, 5.74) is 0.722. The Hall–Kier alpha value is -0.573. The molecule has 0 aromatic carbocycles. The van der Waals surface area contributed by atoms with Gasteiger partial charge in [-0.15, -0.1) is 0 Å². The van der Waals surface area contributed by atoms with Crippen LogP contribution in [0.15, 0.2) is 11.6 Å². The number of ether oxygens (including phenoxy) is 1. The average molecular weight is 186 g/mol. The van der Waals surface area contributed by atoms with Crippen LogP contribution < -0.4 is 0 Å². The van der Waals surface area contributed by atoms with Crippen molar-refractivity contribution in [3.8, 4) is 0 Å². The van der Waals surface area contributed by atoms with Crippen LogP contribution in [0.4, 0.5) is 0 Å². The summed E-state index contributed by atoms with van der Waals surface area (Å²) in [6.07, 6.45) is 1.98. The molecule has 0 N–H and O–H groups in total. The van der Waals surface area contributed by atoms with E-state index in [0.717, 1.165) is 11.6 Å². The van der Waals surface area contributed by atoms with Crippen LogP contribution in [0.5, 0.6) is 0 Å². The van der Waals surface area contributed by atoms with Gasteiger partial charge in [-0.1, -0.05) is 25.7 Å². The summed E-state index contributed by atoms with van der Waals surface area (Å²) in [6.45, 7) is 8.61. The number of carbonyl (C=O) groups excluding carboxylic acids is 1. The van der Waals surface area contributed by atoms with Gasteiger partial charge >= 0.3 is 5.97 Å². The van der Waals surface area contributed by atoms with E-state index in [0.29, 0.717) is 0 Å². The number of hydrogen-bond donors (Lipinski definition) is 0. The van der Waals surface area contributed by atoms with Gasteiger partial charge in [-0.2, -0.15) is 0 Å². The smallest absolute Gasteiger partial charge is 0.333 e. The van der Waals surface area contributed by atoms with Crippen molar-refractivity contribution >= 4 is 14.0 Å². The standard InChI is InChI=1S/C9H18O2Si/c1-8(9(10)11-2)6-7-12(3,4)5/h6H,7H2,1-5H3. The Kier molecular flexibility index (Phi) is 4.24. The minimum Gasteiger partial charge on any atom is -0.466 e. The first-order valence-corrected chi connectivity index (χ1v) is 7.82. The maximum atomic E-state index is 11.0. The maximum Gasteiger partial charge on any atom is 0.333 e. The zero-order valence-electron chi connectivity index (χ0n) is 8.60. The van der Waals surface area contributed by atoms with Gasteiger partial charge in [0.05, 0.1) is 7.11 Å². The van der Waals surface area contributed by atoms with Gasteiger partial charge < -0.3 is 4.74 Å². The van der Waals surface area contributed by atoms with Gasteiger partial charge in [0.15, 0.2) is 0 Å². The van der Waals surface area contributed by atoms with Crippen molar-refractivity contribution in [2.45, 2.75) is 32.6 Å². The fourth-order valence-electron chi connectivity index (χ4n) is 0.704. The van der Waals surface area contributed by atoms with Gasteiger partial charge in [-0.25, -0.2) is 4.79 Å². The first-order valence-electron chi connectivity index (χ1n) is 4.12. The highest BCUT2D eigenvalue weighted by Crippen LogP contribution is 2.11. The molecule has 70 valence electrons. The molecular formula is C9H18O2Si. The van der Waals surface area contributed by atoms with Gasteiger partial charge in [0.2, 0.25) is 0 Å². The molecule has 0 aromatic rings. The van der Waals surface area contributed by atoms with Crippen molar-refractivity contribution in [2.75, 3.05) is 7.11 Å². The topological polar surface area (TPSA) is 26.3 Å². The van der Waals surface area contributed by atoms with Crippen molar-refractivity contribution in [1.29, 1.82) is 0 Å². The molecule has 0 rings (SSSR count). The molecule has 0 spiro atoms. The molecule has 0 atom stereocenters. The Balaban J connectivity index is 4.10. The molecule has 0 amide bonds. The Labute approximate surface area is 75.6 Å². The molecule has 2 nitrogen and oxygen atoms in total. The molecule has 0 saturated carbocycles. The monoisotopic (exact) mass is 186 g/mol. The second kappa shape index (κ2) is 4.45. The van der Waals surface area contributed by atoms with Gasteiger partial charge in [-0.3, -0.25) is 0 Å². The predicted molar refractivity (Wildman–Crippen MR) is 53.9 cm³/mol. The van der Waals surface area contributed by atoms with E-state index in [2.05, 4.69) is 24.4 Å². The first-order chi connectivity index (χ1) is 5.37. The lowest BCUT2D eigenvalue weighted by atomic mass is 10.3. The number of esters is 1. The Bertz CT molecular complexity index is 189. The highest BCUT2D eigenvalue weighted by Gasteiger charge is 2.11. The fraction of sp³-hybridized carbons (Fsp3) is 0.667.